The van der Waals surface area contributed by atoms with Crippen molar-refractivity contribution in [2.45, 2.75) is 113 Å². The predicted molar refractivity (Wildman–Crippen MR) is 120 cm³/mol. The van der Waals surface area contributed by atoms with Crippen molar-refractivity contribution < 1.29 is 14.3 Å². The molecule has 4 atom stereocenters. The van der Waals surface area contributed by atoms with E-state index < -0.39 is 0 Å². The van der Waals surface area contributed by atoms with Crippen LogP contribution in [0.25, 0.3) is 0 Å². The highest BCUT2D eigenvalue weighted by Gasteiger charge is 2.42. The number of hydrogen-bond donors (Lipinski definition) is 3. The summed E-state index contributed by atoms with van der Waals surface area (Å²) in [5, 5.41) is 6.43. The van der Waals surface area contributed by atoms with E-state index in [-0.39, 0.29) is 29.5 Å². The van der Waals surface area contributed by atoms with Crippen LogP contribution in [0, 0.1) is 0 Å². The lowest BCUT2D eigenvalue weighted by Crippen LogP contribution is -2.36. The number of nitrogens with one attached hydrogen (secondary N) is 2. The lowest BCUT2D eigenvalue weighted by Gasteiger charge is -2.16. The van der Waals surface area contributed by atoms with Crippen LogP contribution in [0.15, 0.2) is 0 Å². The normalized spacial score (nSPS) is 24.5. The fourth-order valence-corrected chi connectivity index (χ4v) is 5.82. The molecule has 2 rings (SSSR count). The highest BCUT2D eigenvalue weighted by Crippen LogP contribution is 2.33. The second-order valence-corrected chi connectivity index (χ2v) is 9.92. The molecule has 2 fully saturated rings. The fourth-order valence-electron chi connectivity index (χ4n) is 3.98. The molecule has 28 heavy (non-hydrogen) atoms. The highest BCUT2D eigenvalue weighted by molar-refractivity contribution is 8.00. The summed E-state index contributed by atoms with van der Waals surface area (Å²) in [5.74, 6) is 0.850. The molecule has 5 nitrogen and oxygen atoms in total. The minimum atomic E-state index is -0.265. The van der Waals surface area contributed by atoms with Gasteiger partial charge in [-0.05, 0) is 25.7 Å². The Balaban J connectivity index is 1.42. The van der Waals surface area contributed by atoms with E-state index in [4.69, 9.17) is 4.74 Å². The second-order valence-electron chi connectivity index (χ2n) is 8.08. The van der Waals surface area contributed by atoms with Gasteiger partial charge in [0.1, 0.15) is 5.44 Å². The van der Waals surface area contributed by atoms with Crippen LogP contribution in [-0.2, 0) is 9.53 Å². The van der Waals surface area contributed by atoms with Crippen LogP contribution in [0.4, 0.5) is 4.79 Å². The minimum Gasteiger partial charge on any atom is -0.452 e. The summed E-state index contributed by atoms with van der Waals surface area (Å²) >= 11 is 6.33. The summed E-state index contributed by atoms with van der Waals surface area (Å²) in [6.45, 7) is 2.24. The maximum Gasteiger partial charge on any atom is 0.315 e. The number of carbonyl (C=O) groups is 2. The number of rotatable bonds is 15. The zero-order chi connectivity index (χ0) is 20.2. The van der Waals surface area contributed by atoms with Crippen molar-refractivity contribution in [3.8, 4) is 0 Å². The molecule has 0 radical (unpaired) electrons. The zero-order valence-corrected chi connectivity index (χ0v) is 19.0. The molecule has 0 aromatic rings. The van der Waals surface area contributed by atoms with Crippen LogP contribution in [0.1, 0.15) is 90.4 Å². The molecule has 7 heteroatoms. The summed E-state index contributed by atoms with van der Waals surface area (Å²) in [4.78, 5) is 23.4. The van der Waals surface area contributed by atoms with Gasteiger partial charge in [-0.25, -0.2) is 4.79 Å². The Morgan fingerprint density at radius 2 is 1.82 bits per heavy atom. The van der Waals surface area contributed by atoms with Crippen LogP contribution in [-0.4, -0.2) is 40.5 Å². The van der Waals surface area contributed by atoms with Crippen LogP contribution in [0.5, 0.6) is 0 Å². The summed E-state index contributed by atoms with van der Waals surface area (Å²) in [6, 6.07) is 0.479. The van der Waals surface area contributed by atoms with Gasteiger partial charge in [-0.2, -0.15) is 11.8 Å². The van der Waals surface area contributed by atoms with Crippen molar-refractivity contribution in [2.75, 3.05) is 5.75 Å². The molecule has 2 heterocycles. The molecule has 1 unspecified atom stereocenters. The van der Waals surface area contributed by atoms with E-state index in [1.165, 1.54) is 44.9 Å². The summed E-state index contributed by atoms with van der Waals surface area (Å²) in [6.07, 6.45) is 14.4. The molecule has 0 spiro atoms. The quantitative estimate of drug-likeness (QED) is 0.112. The molecule has 2 amide bonds. The summed E-state index contributed by atoms with van der Waals surface area (Å²) in [5.41, 5.74) is -0.265. The molecular weight excluding hydrogens is 392 g/mol. The first-order chi connectivity index (χ1) is 13.6. The minimum absolute atomic E-state index is 0.0415. The third kappa shape index (κ3) is 8.85. The van der Waals surface area contributed by atoms with E-state index in [0.29, 0.717) is 11.7 Å². The third-order valence-electron chi connectivity index (χ3n) is 5.63. The largest absolute Gasteiger partial charge is 0.452 e. The average Bonchev–Trinajstić information content (AvgIpc) is 3.20. The molecule has 0 aliphatic carbocycles. The molecule has 0 aromatic heterocycles. The first-order valence-electron chi connectivity index (χ1n) is 11.2. The molecule has 2 saturated heterocycles. The Morgan fingerprint density at radius 3 is 2.57 bits per heavy atom. The smallest absolute Gasteiger partial charge is 0.315 e. The Labute approximate surface area is 180 Å². The van der Waals surface area contributed by atoms with E-state index in [1.54, 1.807) is 0 Å². The van der Waals surface area contributed by atoms with Crippen LogP contribution in [0.3, 0.4) is 0 Å². The van der Waals surface area contributed by atoms with E-state index in [1.807, 2.05) is 11.8 Å². The number of carbonyl (C=O) groups excluding carboxylic acids is 2. The molecule has 2 N–H and O–H groups in total. The molecule has 2 aliphatic heterocycles. The summed E-state index contributed by atoms with van der Waals surface area (Å²) < 4.78 is 5.42. The van der Waals surface area contributed by atoms with Gasteiger partial charge < -0.3 is 15.4 Å². The van der Waals surface area contributed by atoms with Gasteiger partial charge in [-0.3, -0.25) is 4.79 Å². The Morgan fingerprint density at radius 1 is 1.11 bits per heavy atom. The molecular formula is C21H38N2O3S2. The van der Waals surface area contributed by atoms with Crippen molar-refractivity contribution in [1.29, 1.82) is 0 Å². The average molecular weight is 431 g/mol. The monoisotopic (exact) mass is 430 g/mol. The molecule has 0 bridgehead atoms. The Bertz CT molecular complexity index is 479. The van der Waals surface area contributed by atoms with Gasteiger partial charge in [0.25, 0.3) is 0 Å². The predicted octanol–water partition coefficient (Wildman–Crippen LogP) is 5.04. The van der Waals surface area contributed by atoms with Crippen LogP contribution < -0.4 is 10.6 Å². The highest BCUT2D eigenvalue weighted by atomic mass is 32.2. The number of esters is 1. The topological polar surface area (TPSA) is 67.4 Å². The molecule has 162 valence electrons. The zero-order valence-electron chi connectivity index (χ0n) is 17.3. The van der Waals surface area contributed by atoms with E-state index in [2.05, 4.69) is 30.2 Å². The summed E-state index contributed by atoms with van der Waals surface area (Å²) in [7, 11) is 0. The van der Waals surface area contributed by atoms with E-state index >= 15 is 0 Å². The number of hydrogen-bond acceptors (Lipinski definition) is 5. The van der Waals surface area contributed by atoms with Crippen molar-refractivity contribution in [3.63, 3.8) is 0 Å². The van der Waals surface area contributed by atoms with Gasteiger partial charge >= 0.3 is 12.0 Å². The van der Waals surface area contributed by atoms with Gasteiger partial charge in [0.05, 0.1) is 12.1 Å². The first kappa shape index (κ1) is 23.7. The molecule has 0 saturated carbocycles. The number of thiol groups is 1. The Hall–Kier alpha value is -0.560. The van der Waals surface area contributed by atoms with Crippen molar-refractivity contribution in [3.05, 3.63) is 0 Å². The van der Waals surface area contributed by atoms with E-state index in [0.717, 1.165) is 37.9 Å². The van der Waals surface area contributed by atoms with Gasteiger partial charge in [-0.1, -0.05) is 58.3 Å². The van der Waals surface area contributed by atoms with Crippen LogP contribution in [0.2, 0.25) is 0 Å². The van der Waals surface area contributed by atoms with Crippen LogP contribution >= 0.6 is 24.4 Å². The lowest BCUT2D eigenvalue weighted by atomic mass is 10.0. The maximum atomic E-state index is 12.0. The van der Waals surface area contributed by atoms with Gasteiger partial charge in [0, 0.05) is 17.4 Å². The number of ether oxygens (including phenoxy) is 1. The number of unbranched alkanes of at least 4 members (excludes halogenated alkanes) is 8. The third-order valence-corrected chi connectivity index (χ3v) is 7.50. The molecule has 0 aromatic carbocycles. The van der Waals surface area contributed by atoms with E-state index in [9.17, 15) is 9.59 Å². The Kier molecular flexibility index (Phi) is 11.5. The number of fused-ring (bicyclic) bond motifs is 1. The number of thioether (sulfide) groups is 1. The second kappa shape index (κ2) is 13.6. The number of urea groups is 1. The fraction of sp³-hybridized carbons (Fsp3) is 0.905. The maximum absolute atomic E-state index is 12.0. The lowest BCUT2D eigenvalue weighted by molar-refractivity contribution is -0.145. The van der Waals surface area contributed by atoms with Crippen molar-refractivity contribution in [2.24, 2.45) is 0 Å². The standard InChI is InChI=1S/C21H38N2O3S2/c1-2-3-4-5-6-7-8-9-14-19(27)26-18(24)13-11-10-12-17-20-16(15-28-17)22-21(25)23-20/h16-17,19-20,27H,2-15H2,1H3,(H2,22,23,25)/t16-,17-,19?,20-/m0/s1. The number of amides is 2. The SMILES string of the molecule is CCCCCCCCCCC(S)OC(=O)CCCC[C@@H]1SC[C@@H]2NC(=O)N[C@@H]21. The van der Waals surface area contributed by atoms with Crippen molar-refractivity contribution in [1.82, 2.24) is 10.6 Å². The van der Waals surface area contributed by atoms with Crippen molar-refractivity contribution >= 4 is 36.4 Å². The van der Waals surface area contributed by atoms with Gasteiger partial charge in [0.15, 0.2) is 0 Å². The first-order valence-corrected chi connectivity index (χ1v) is 12.7. The molecule has 2 aliphatic rings. The van der Waals surface area contributed by atoms with Gasteiger partial charge in [-0.15, -0.1) is 12.6 Å². The van der Waals surface area contributed by atoms with Gasteiger partial charge in [0.2, 0.25) is 0 Å².